The maximum atomic E-state index is 6.07. The predicted octanol–water partition coefficient (Wildman–Crippen LogP) is 2.87. The minimum Gasteiger partial charge on any atom is -0.468 e. The average Bonchev–Trinajstić information content (AvgIpc) is 3.06. The monoisotopic (exact) mass is 313 g/mol. The Morgan fingerprint density at radius 3 is 2.13 bits per heavy atom. The Hall–Kier alpha value is -1.56. The van der Waals surface area contributed by atoms with Gasteiger partial charge in [0.15, 0.2) is 0 Å². The van der Waals surface area contributed by atoms with Crippen molar-refractivity contribution < 1.29 is 13.7 Å². The molecule has 23 heavy (non-hydrogen) atoms. The molecule has 2 heterocycles. The summed E-state index contributed by atoms with van der Waals surface area (Å²) in [5.74, 6) is 0.943. The van der Waals surface area contributed by atoms with Crippen LogP contribution in [-0.4, -0.2) is 18.3 Å². The fourth-order valence-electron chi connectivity index (χ4n) is 2.51. The zero-order valence-corrected chi connectivity index (χ0v) is 14.3. The first-order chi connectivity index (χ1) is 10.9. The first kappa shape index (κ1) is 16.3. The van der Waals surface area contributed by atoms with Crippen LogP contribution in [-0.2, 0) is 22.4 Å². The molecule has 0 spiro atoms. The first-order valence-corrected chi connectivity index (χ1v) is 8.05. The molecule has 0 amide bonds. The SMILES string of the molecule is CC1(C)OB(c2ccc(CNCc3ccco3)cc2)OC1(C)C. The lowest BCUT2D eigenvalue weighted by molar-refractivity contribution is 0.00578. The topological polar surface area (TPSA) is 43.6 Å². The Balaban J connectivity index is 1.57. The number of hydrogen-bond acceptors (Lipinski definition) is 4. The van der Waals surface area contributed by atoms with E-state index in [9.17, 15) is 0 Å². The highest BCUT2D eigenvalue weighted by Gasteiger charge is 2.51. The van der Waals surface area contributed by atoms with Crippen molar-refractivity contribution in [2.75, 3.05) is 0 Å². The Bertz CT molecular complexity index is 619. The van der Waals surface area contributed by atoms with E-state index < -0.39 is 0 Å². The summed E-state index contributed by atoms with van der Waals surface area (Å²) in [5.41, 5.74) is 1.66. The van der Waals surface area contributed by atoms with E-state index in [2.05, 4.69) is 57.3 Å². The van der Waals surface area contributed by atoms with Crippen LogP contribution in [0.2, 0.25) is 0 Å². The van der Waals surface area contributed by atoms with E-state index in [1.165, 1.54) is 5.56 Å². The molecule has 3 rings (SSSR count). The zero-order valence-electron chi connectivity index (χ0n) is 14.3. The summed E-state index contributed by atoms with van der Waals surface area (Å²) in [4.78, 5) is 0. The zero-order chi connectivity index (χ0) is 16.5. The molecule has 1 fully saturated rings. The van der Waals surface area contributed by atoms with Crippen molar-refractivity contribution in [2.24, 2.45) is 0 Å². The van der Waals surface area contributed by atoms with Gasteiger partial charge in [0.25, 0.3) is 0 Å². The van der Waals surface area contributed by atoms with Crippen molar-refractivity contribution in [3.8, 4) is 0 Å². The largest absolute Gasteiger partial charge is 0.494 e. The molecular formula is C18H24BNO3. The number of rotatable bonds is 5. The Kier molecular flexibility index (Phi) is 4.36. The molecule has 122 valence electrons. The average molecular weight is 313 g/mol. The molecule has 1 N–H and O–H groups in total. The highest BCUT2D eigenvalue weighted by molar-refractivity contribution is 6.62. The molecule has 0 radical (unpaired) electrons. The molecule has 0 aliphatic carbocycles. The van der Waals surface area contributed by atoms with Crippen LogP contribution in [0.5, 0.6) is 0 Å². The molecule has 1 saturated heterocycles. The van der Waals surface area contributed by atoms with Gasteiger partial charge in [-0.15, -0.1) is 0 Å². The molecule has 5 heteroatoms. The lowest BCUT2D eigenvalue weighted by Gasteiger charge is -2.32. The van der Waals surface area contributed by atoms with Crippen molar-refractivity contribution in [1.29, 1.82) is 0 Å². The van der Waals surface area contributed by atoms with Gasteiger partial charge in [0, 0.05) is 6.54 Å². The Morgan fingerprint density at radius 1 is 0.913 bits per heavy atom. The third-order valence-corrected chi connectivity index (χ3v) is 4.71. The first-order valence-electron chi connectivity index (χ1n) is 8.05. The minimum absolute atomic E-state index is 0.301. The van der Waals surface area contributed by atoms with Gasteiger partial charge in [-0.25, -0.2) is 0 Å². The lowest BCUT2D eigenvalue weighted by atomic mass is 9.79. The van der Waals surface area contributed by atoms with Crippen molar-refractivity contribution in [3.05, 3.63) is 54.0 Å². The molecule has 0 atom stereocenters. The van der Waals surface area contributed by atoms with Gasteiger partial charge in [-0.05, 0) is 50.9 Å². The fraction of sp³-hybridized carbons (Fsp3) is 0.444. The molecule has 1 aromatic heterocycles. The van der Waals surface area contributed by atoms with Gasteiger partial charge in [0.2, 0.25) is 0 Å². The van der Waals surface area contributed by atoms with Gasteiger partial charge in [-0.2, -0.15) is 0 Å². The summed E-state index contributed by atoms with van der Waals surface area (Å²) in [6.45, 7) is 9.80. The lowest BCUT2D eigenvalue weighted by Crippen LogP contribution is -2.41. The highest BCUT2D eigenvalue weighted by atomic mass is 16.7. The molecule has 1 aliphatic rings. The molecule has 4 nitrogen and oxygen atoms in total. The van der Waals surface area contributed by atoms with Crippen LogP contribution in [0, 0.1) is 0 Å². The molecule has 0 saturated carbocycles. The fourth-order valence-corrected chi connectivity index (χ4v) is 2.51. The van der Waals surface area contributed by atoms with Gasteiger partial charge in [-0.1, -0.05) is 24.3 Å². The van der Waals surface area contributed by atoms with E-state index in [0.717, 1.165) is 24.3 Å². The second kappa shape index (κ2) is 6.15. The number of furan rings is 1. The van der Waals surface area contributed by atoms with E-state index in [0.29, 0.717) is 0 Å². The maximum absolute atomic E-state index is 6.07. The molecule has 2 aromatic rings. The van der Waals surface area contributed by atoms with E-state index in [1.54, 1.807) is 6.26 Å². The third-order valence-electron chi connectivity index (χ3n) is 4.71. The van der Waals surface area contributed by atoms with Crippen LogP contribution >= 0.6 is 0 Å². The number of nitrogens with one attached hydrogen (secondary N) is 1. The summed E-state index contributed by atoms with van der Waals surface area (Å²) in [6, 6.07) is 12.2. The van der Waals surface area contributed by atoms with Gasteiger partial charge in [0.1, 0.15) is 5.76 Å². The molecule has 0 bridgehead atoms. The summed E-state index contributed by atoms with van der Waals surface area (Å²) in [6.07, 6.45) is 1.69. The smallest absolute Gasteiger partial charge is 0.468 e. The quantitative estimate of drug-likeness (QED) is 0.862. The van der Waals surface area contributed by atoms with Crippen LogP contribution in [0.4, 0.5) is 0 Å². The van der Waals surface area contributed by atoms with Gasteiger partial charge in [0.05, 0.1) is 24.0 Å². The Morgan fingerprint density at radius 2 is 1.57 bits per heavy atom. The van der Waals surface area contributed by atoms with Crippen LogP contribution in [0.25, 0.3) is 0 Å². The van der Waals surface area contributed by atoms with Crippen LogP contribution in [0.15, 0.2) is 47.1 Å². The number of hydrogen-bond donors (Lipinski definition) is 1. The van der Waals surface area contributed by atoms with Crippen molar-refractivity contribution in [3.63, 3.8) is 0 Å². The third kappa shape index (κ3) is 3.52. The second-order valence-corrected chi connectivity index (χ2v) is 7.01. The molecule has 0 unspecified atom stereocenters. The van der Waals surface area contributed by atoms with Crippen LogP contribution < -0.4 is 10.8 Å². The van der Waals surface area contributed by atoms with E-state index in [1.807, 2.05) is 12.1 Å². The Labute approximate surface area is 138 Å². The van der Waals surface area contributed by atoms with E-state index >= 15 is 0 Å². The van der Waals surface area contributed by atoms with Gasteiger partial charge >= 0.3 is 7.12 Å². The van der Waals surface area contributed by atoms with Gasteiger partial charge in [-0.3, -0.25) is 0 Å². The van der Waals surface area contributed by atoms with Crippen LogP contribution in [0.1, 0.15) is 39.0 Å². The maximum Gasteiger partial charge on any atom is 0.494 e. The summed E-state index contributed by atoms with van der Waals surface area (Å²) in [7, 11) is -0.301. The van der Waals surface area contributed by atoms with Gasteiger partial charge < -0.3 is 19.0 Å². The van der Waals surface area contributed by atoms with E-state index in [-0.39, 0.29) is 18.3 Å². The predicted molar refractivity (Wildman–Crippen MR) is 91.4 cm³/mol. The second-order valence-electron chi connectivity index (χ2n) is 7.01. The standard InChI is InChI=1S/C18H24BNO3/c1-17(2)18(3,4)23-19(22-17)15-9-7-14(8-10-15)12-20-13-16-6-5-11-21-16/h5-11,20H,12-13H2,1-4H3. The molecular weight excluding hydrogens is 289 g/mol. The summed E-state index contributed by atoms with van der Waals surface area (Å²) < 4.78 is 17.4. The normalized spacial score (nSPS) is 19.2. The van der Waals surface area contributed by atoms with Crippen molar-refractivity contribution in [1.82, 2.24) is 5.32 Å². The number of benzene rings is 1. The summed E-state index contributed by atoms with van der Waals surface area (Å²) >= 11 is 0. The van der Waals surface area contributed by atoms with E-state index in [4.69, 9.17) is 13.7 Å². The molecule has 1 aliphatic heterocycles. The van der Waals surface area contributed by atoms with Crippen molar-refractivity contribution in [2.45, 2.75) is 52.0 Å². The highest BCUT2D eigenvalue weighted by Crippen LogP contribution is 2.36. The minimum atomic E-state index is -0.305. The van der Waals surface area contributed by atoms with Crippen LogP contribution in [0.3, 0.4) is 0 Å². The molecule has 1 aromatic carbocycles. The van der Waals surface area contributed by atoms with Crippen molar-refractivity contribution >= 4 is 12.6 Å². The summed E-state index contributed by atoms with van der Waals surface area (Å²) in [5, 5.41) is 3.36.